The first-order chi connectivity index (χ1) is 9.67. The van der Waals surface area contributed by atoms with Gasteiger partial charge in [-0.15, -0.1) is 0 Å². The Morgan fingerprint density at radius 2 is 1.95 bits per heavy atom. The summed E-state index contributed by atoms with van der Waals surface area (Å²) in [6.07, 6.45) is 0. The van der Waals surface area contributed by atoms with Crippen LogP contribution in [-0.2, 0) is 0 Å². The average molecular weight is 335 g/mol. The van der Waals surface area contributed by atoms with Gasteiger partial charge in [-0.1, -0.05) is 40.2 Å². The van der Waals surface area contributed by atoms with Gasteiger partial charge in [0.1, 0.15) is 5.75 Å². The number of ether oxygens (including phenoxy) is 1. The molecule has 20 heavy (non-hydrogen) atoms. The second-order valence-corrected chi connectivity index (χ2v) is 5.50. The second kappa shape index (κ2) is 6.77. The van der Waals surface area contributed by atoms with Crippen LogP contribution >= 0.6 is 15.9 Å². The highest BCUT2D eigenvalue weighted by Gasteiger charge is 2.18. The third-order valence-corrected chi connectivity index (χ3v) is 3.88. The highest BCUT2D eigenvalue weighted by Crippen LogP contribution is 2.33. The van der Waals surface area contributed by atoms with Crippen LogP contribution < -0.4 is 15.4 Å². The maximum atomic E-state index is 5.99. The Kier molecular flexibility index (Phi) is 5.04. The van der Waals surface area contributed by atoms with Gasteiger partial charge in [0.2, 0.25) is 0 Å². The lowest BCUT2D eigenvalue weighted by atomic mass is 10.0. The summed E-state index contributed by atoms with van der Waals surface area (Å²) in [4.78, 5) is 2.15. The van der Waals surface area contributed by atoms with Gasteiger partial charge >= 0.3 is 0 Å². The minimum absolute atomic E-state index is 0.101. The number of rotatable bonds is 5. The number of hydrogen-bond acceptors (Lipinski definition) is 3. The molecule has 4 heteroatoms. The molecule has 2 rings (SSSR count). The average Bonchev–Trinajstić information content (AvgIpc) is 2.48. The van der Waals surface area contributed by atoms with Gasteiger partial charge in [0.15, 0.2) is 0 Å². The molecule has 106 valence electrons. The summed E-state index contributed by atoms with van der Waals surface area (Å²) in [5.41, 5.74) is 8.20. The van der Waals surface area contributed by atoms with Crippen molar-refractivity contribution in [3.8, 4) is 5.75 Å². The molecule has 0 aliphatic heterocycles. The number of nitrogens with zero attached hydrogens (tertiary/aromatic N) is 1. The van der Waals surface area contributed by atoms with Crippen LogP contribution in [0.25, 0.3) is 0 Å². The number of para-hydroxylation sites is 2. The van der Waals surface area contributed by atoms with Crippen molar-refractivity contribution in [2.75, 3.05) is 25.6 Å². The van der Waals surface area contributed by atoms with Crippen molar-refractivity contribution >= 4 is 21.6 Å². The lowest BCUT2D eigenvalue weighted by Crippen LogP contribution is -2.30. The Balaban J connectivity index is 2.36. The molecule has 0 fully saturated rings. The molecule has 0 radical (unpaired) electrons. The summed E-state index contributed by atoms with van der Waals surface area (Å²) in [5.74, 6) is 0.850. The first-order valence-corrected chi connectivity index (χ1v) is 7.28. The van der Waals surface area contributed by atoms with E-state index in [4.69, 9.17) is 10.5 Å². The Morgan fingerprint density at radius 1 is 1.20 bits per heavy atom. The van der Waals surface area contributed by atoms with Gasteiger partial charge in [0, 0.05) is 18.1 Å². The highest BCUT2D eigenvalue weighted by atomic mass is 79.9. The van der Waals surface area contributed by atoms with Crippen LogP contribution in [0, 0.1) is 0 Å². The van der Waals surface area contributed by atoms with Crippen LogP contribution in [-0.4, -0.2) is 20.7 Å². The molecule has 0 spiro atoms. The van der Waals surface area contributed by atoms with E-state index in [-0.39, 0.29) is 6.04 Å². The fourth-order valence-corrected chi connectivity index (χ4v) is 2.74. The van der Waals surface area contributed by atoms with Crippen LogP contribution in [0.5, 0.6) is 5.75 Å². The van der Waals surface area contributed by atoms with Crippen molar-refractivity contribution in [3.63, 3.8) is 0 Å². The molecule has 0 saturated carbocycles. The summed E-state index contributed by atoms with van der Waals surface area (Å²) >= 11 is 3.51. The number of likely N-dealkylation sites (N-methyl/N-ethyl adjacent to an activating group) is 1. The third-order valence-electron chi connectivity index (χ3n) is 3.39. The van der Waals surface area contributed by atoms with Gasteiger partial charge in [-0.05, 0) is 29.8 Å². The topological polar surface area (TPSA) is 38.5 Å². The molecule has 3 nitrogen and oxygen atoms in total. The zero-order chi connectivity index (χ0) is 14.5. The number of benzene rings is 2. The van der Waals surface area contributed by atoms with Crippen LogP contribution in [0.3, 0.4) is 0 Å². The van der Waals surface area contributed by atoms with Crippen molar-refractivity contribution in [3.05, 3.63) is 58.6 Å². The minimum atomic E-state index is 0.101. The number of methoxy groups -OCH3 is 1. The molecule has 0 amide bonds. The number of halogens is 1. The fourth-order valence-electron chi connectivity index (χ4n) is 2.32. The Morgan fingerprint density at radius 3 is 2.60 bits per heavy atom. The summed E-state index contributed by atoms with van der Waals surface area (Å²) in [6, 6.07) is 16.3. The van der Waals surface area contributed by atoms with Crippen molar-refractivity contribution in [1.29, 1.82) is 0 Å². The van der Waals surface area contributed by atoms with Gasteiger partial charge in [0.25, 0.3) is 0 Å². The zero-order valence-corrected chi connectivity index (χ0v) is 13.3. The summed E-state index contributed by atoms with van der Waals surface area (Å²) < 4.78 is 6.49. The Hall–Kier alpha value is -1.52. The van der Waals surface area contributed by atoms with E-state index in [0.29, 0.717) is 6.54 Å². The van der Waals surface area contributed by atoms with E-state index < -0.39 is 0 Å². The summed E-state index contributed by atoms with van der Waals surface area (Å²) in [5, 5.41) is 0. The maximum Gasteiger partial charge on any atom is 0.142 e. The molecule has 0 saturated heterocycles. The molecular formula is C16H19BrN2O. The van der Waals surface area contributed by atoms with Crippen LogP contribution in [0.1, 0.15) is 11.6 Å². The van der Waals surface area contributed by atoms with Gasteiger partial charge in [-0.2, -0.15) is 0 Å². The van der Waals surface area contributed by atoms with E-state index in [1.165, 1.54) is 5.56 Å². The van der Waals surface area contributed by atoms with E-state index >= 15 is 0 Å². The highest BCUT2D eigenvalue weighted by molar-refractivity contribution is 9.10. The van der Waals surface area contributed by atoms with Crippen LogP contribution in [0.2, 0.25) is 0 Å². The van der Waals surface area contributed by atoms with Crippen LogP contribution in [0.15, 0.2) is 53.0 Å². The normalized spacial score (nSPS) is 12.0. The number of anilines is 1. The Bertz CT molecular complexity index is 574. The van der Waals surface area contributed by atoms with E-state index in [2.05, 4.69) is 33.0 Å². The molecule has 2 aromatic rings. The predicted molar refractivity (Wildman–Crippen MR) is 87.3 cm³/mol. The summed E-state index contributed by atoms with van der Waals surface area (Å²) in [7, 11) is 3.72. The summed E-state index contributed by atoms with van der Waals surface area (Å²) in [6.45, 7) is 0.533. The molecule has 1 atom stereocenters. The molecule has 0 aliphatic carbocycles. The molecule has 2 N–H and O–H groups in total. The Labute approximate surface area is 128 Å². The standard InChI is InChI=1S/C16H19BrN2O/c1-19(14-8-3-4-9-16(14)20-2)15(11-18)12-6-5-7-13(17)10-12/h3-10,15H,11,18H2,1-2H3. The maximum absolute atomic E-state index is 5.99. The SMILES string of the molecule is COc1ccccc1N(C)C(CN)c1cccc(Br)c1. The van der Waals surface area contributed by atoms with E-state index in [9.17, 15) is 0 Å². The van der Waals surface area contributed by atoms with Gasteiger partial charge in [0.05, 0.1) is 18.8 Å². The molecule has 1 unspecified atom stereocenters. The number of hydrogen-bond donors (Lipinski definition) is 1. The minimum Gasteiger partial charge on any atom is -0.495 e. The molecule has 2 aromatic carbocycles. The fraction of sp³-hybridized carbons (Fsp3) is 0.250. The van der Waals surface area contributed by atoms with Crippen LogP contribution in [0.4, 0.5) is 5.69 Å². The molecule has 0 aromatic heterocycles. The van der Waals surface area contributed by atoms with Crippen molar-refractivity contribution in [2.45, 2.75) is 6.04 Å². The first-order valence-electron chi connectivity index (χ1n) is 6.48. The van der Waals surface area contributed by atoms with Gasteiger partial charge in [-0.3, -0.25) is 0 Å². The van der Waals surface area contributed by atoms with Gasteiger partial charge in [-0.25, -0.2) is 0 Å². The molecule has 0 aliphatic rings. The van der Waals surface area contributed by atoms with Crippen molar-refractivity contribution < 1.29 is 4.74 Å². The lowest BCUT2D eigenvalue weighted by molar-refractivity contribution is 0.413. The zero-order valence-electron chi connectivity index (χ0n) is 11.7. The van der Waals surface area contributed by atoms with E-state index in [1.54, 1.807) is 7.11 Å². The molecular weight excluding hydrogens is 316 g/mol. The quantitative estimate of drug-likeness (QED) is 0.907. The third kappa shape index (κ3) is 3.14. The number of nitrogens with two attached hydrogens (primary N) is 1. The molecule has 0 bridgehead atoms. The first kappa shape index (κ1) is 14.9. The smallest absolute Gasteiger partial charge is 0.142 e. The van der Waals surface area contributed by atoms with E-state index in [1.807, 2.05) is 43.4 Å². The van der Waals surface area contributed by atoms with Gasteiger partial charge < -0.3 is 15.4 Å². The molecule has 0 heterocycles. The van der Waals surface area contributed by atoms with Crippen molar-refractivity contribution in [2.24, 2.45) is 5.73 Å². The predicted octanol–water partition coefficient (Wildman–Crippen LogP) is 3.59. The van der Waals surface area contributed by atoms with Crippen molar-refractivity contribution in [1.82, 2.24) is 0 Å². The van der Waals surface area contributed by atoms with E-state index in [0.717, 1.165) is 15.9 Å². The monoisotopic (exact) mass is 334 g/mol. The lowest BCUT2D eigenvalue weighted by Gasteiger charge is -2.30. The second-order valence-electron chi connectivity index (χ2n) is 4.59. The largest absolute Gasteiger partial charge is 0.495 e.